The highest BCUT2D eigenvalue weighted by atomic mass is 16.5. The van der Waals surface area contributed by atoms with Crippen LogP contribution in [-0.2, 0) is 17.8 Å². The number of para-hydroxylation sites is 1. The number of rotatable bonds is 8. The first-order chi connectivity index (χ1) is 16.7. The van der Waals surface area contributed by atoms with Crippen LogP contribution in [0.1, 0.15) is 22.5 Å². The number of amides is 1. The maximum Gasteiger partial charge on any atom is 0.272 e. The predicted molar refractivity (Wildman–Crippen MR) is 131 cm³/mol. The van der Waals surface area contributed by atoms with E-state index in [1.807, 2.05) is 28.9 Å². The summed E-state index contributed by atoms with van der Waals surface area (Å²) < 4.78 is 13.0. The van der Waals surface area contributed by atoms with Gasteiger partial charge >= 0.3 is 0 Å². The second-order valence-electron chi connectivity index (χ2n) is 9.06. The number of hydrogen-bond donors (Lipinski definition) is 1. The SMILES string of the molecule is COc1cccc2c(C(=O)N[C@H]3CCN(Cc4ccccc4)C3)nn(CCN3CCOCC3)c12. The molecule has 0 saturated carbocycles. The van der Waals surface area contributed by atoms with Crippen molar-refractivity contribution < 1.29 is 14.3 Å². The van der Waals surface area contributed by atoms with Crippen LogP contribution in [0, 0.1) is 0 Å². The van der Waals surface area contributed by atoms with Crippen LogP contribution in [-0.4, -0.2) is 84.6 Å². The minimum absolute atomic E-state index is 0.116. The number of ether oxygens (including phenoxy) is 2. The summed E-state index contributed by atoms with van der Waals surface area (Å²) in [6.07, 6.45) is 0.942. The zero-order valence-corrected chi connectivity index (χ0v) is 19.8. The van der Waals surface area contributed by atoms with Crippen LogP contribution in [0.15, 0.2) is 48.5 Å². The molecule has 2 aromatic carbocycles. The Kier molecular flexibility index (Phi) is 7.08. The van der Waals surface area contributed by atoms with E-state index in [0.717, 1.165) is 75.6 Å². The van der Waals surface area contributed by atoms with Crippen molar-refractivity contribution in [3.05, 3.63) is 59.8 Å². The Morgan fingerprint density at radius 3 is 2.68 bits per heavy atom. The van der Waals surface area contributed by atoms with Crippen LogP contribution >= 0.6 is 0 Å². The van der Waals surface area contributed by atoms with E-state index < -0.39 is 0 Å². The van der Waals surface area contributed by atoms with Gasteiger partial charge in [-0.25, -0.2) is 0 Å². The minimum Gasteiger partial charge on any atom is -0.494 e. The van der Waals surface area contributed by atoms with E-state index in [0.29, 0.717) is 12.2 Å². The molecule has 5 rings (SSSR count). The second-order valence-corrected chi connectivity index (χ2v) is 9.06. The smallest absolute Gasteiger partial charge is 0.272 e. The molecule has 1 amide bonds. The van der Waals surface area contributed by atoms with Gasteiger partial charge in [-0.05, 0) is 18.1 Å². The lowest BCUT2D eigenvalue weighted by Gasteiger charge is -2.26. The number of likely N-dealkylation sites (tertiary alicyclic amines) is 1. The Hall–Kier alpha value is -2.94. The van der Waals surface area contributed by atoms with Crippen molar-refractivity contribution in [3.8, 4) is 5.75 Å². The number of carbonyl (C=O) groups is 1. The van der Waals surface area contributed by atoms with Crippen LogP contribution < -0.4 is 10.1 Å². The zero-order chi connectivity index (χ0) is 23.3. The minimum atomic E-state index is -0.116. The maximum atomic E-state index is 13.3. The summed E-state index contributed by atoms with van der Waals surface area (Å²) in [7, 11) is 1.66. The van der Waals surface area contributed by atoms with Gasteiger partial charge in [-0.1, -0.05) is 42.5 Å². The average molecular weight is 464 g/mol. The number of nitrogens with one attached hydrogen (secondary N) is 1. The number of benzene rings is 2. The molecule has 1 aromatic heterocycles. The van der Waals surface area contributed by atoms with Crippen molar-refractivity contribution in [1.82, 2.24) is 24.9 Å². The first-order valence-electron chi connectivity index (χ1n) is 12.1. The number of fused-ring (bicyclic) bond motifs is 1. The summed E-state index contributed by atoms with van der Waals surface area (Å²) in [6, 6.07) is 16.4. The molecular formula is C26H33N5O3. The first-order valence-corrected chi connectivity index (χ1v) is 12.1. The Balaban J connectivity index is 1.29. The zero-order valence-electron chi connectivity index (χ0n) is 19.8. The van der Waals surface area contributed by atoms with Crippen LogP contribution in [0.2, 0.25) is 0 Å². The van der Waals surface area contributed by atoms with Gasteiger partial charge in [0.1, 0.15) is 11.3 Å². The molecule has 3 aromatic rings. The number of carbonyl (C=O) groups excluding carboxylic acids is 1. The third-order valence-electron chi connectivity index (χ3n) is 6.76. The molecule has 2 aliphatic rings. The fourth-order valence-electron chi connectivity index (χ4n) is 4.95. The highest BCUT2D eigenvalue weighted by Gasteiger charge is 2.27. The van der Waals surface area contributed by atoms with Gasteiger partial charge in [-0.15, -0.1) is 0 Å². The number of aromatic nitrogens is 2. The summed E-state index contributed by atoms with van der Waals surface area (Å²) in [4.78, 5) is 18.1. The second kappa shape index (κ2) is 10.5. The summed E-state index contributed by atoms with van der Waals surface area (Å²) in [6.45, 7) is 7.65. The van der Waals surface area contributed by atoms with E-state index in [1.54, 1.807) is 7.11 Å². The van der Waals surface area contributed by atoms with E-state index in [-0.39, 0.29) is 11.9 Å². The number of methoxy groups -OCH3 is 1. The Bertz CT molecular complexity index is 1110. The molecule has 2 aliphatic heterocycles. The lowest BCUT2D eigenvalue weighted by molar-refractivity contribution is 0.0361. The van der Waals surface area contributed by atoms with Crippen molar-refractivity contribution in [2.24, 2.45) is 0 Å². The number of morpholine rings is 1. The van der Waals surface area contributed by atoms with Crippen molar-refractivity contribution in [1.29, 1.82) is 0 Å². The van der Waals surface area contributed by atoms with Gasteiger partial charge in [0.25, 0.3) is 5.91 Å². The first kappa shape index (κ1) is 22.8. The van der Waals surface area contributed by atoms with Gasteiger partial charge in [0.15, 0.2) is 5.69 Å². The molecule has 180 valence electrons. The number of hydrogen-bond acceptors (Lipinski definition) is 6. The van der Waals surface area contributed by atoms with Crippen LogP contribution in [0.4, 0.5) is 0 Å². The topological polar surface area (TPSA) is 71.9 Å². The normalized spacial score (nSPS) is 19.5. The van der Waals surface area contributed by atoms with Crippen LogP contribution in [0.5, 0.6) is 5.75 Å². The van der Waals surface area contributed by atoms with Gasteiger partial charge < -0.3 is 14.8 Å². The summed E-state index contributed by atoms with van der Waals surface area (Å²) in [5.41, 5.74) is 2.64. The monoisotopic (exact) mass is 463 g/mol. The molecule has 0 unspecified atom stereocenters. The fourth-order valence-corrected chi connectivity index (χ4v) is 4.95. The largest absolute Gasteiger partial charge is 0.494 e. The van der Waals surface area contributed by atoms with E-state index in [2.05, 4.69) is 39.4 Å². The van der Waals surface area contributed by atoms with Crippen molar-refractivity contribution in [3.63, 3.8) is 0 Å². The summed E-state index contributed by atoms with van der Waals surface area (Å²) in [5.74, 6) is 0.621. The Morgan fingerprint density at radius 1 is 1.06 bits per heavy atom. The predicted octanol–water partition coefficient (Wildman–Crippen LogP) is 2.38. The molecule has 2 saturated heterocycles. The van der Waals surface area contributed by atoms with Gasteiger partial charge in [-0.3, -0.25) is 19.3 Å². The van der Waals surface area contributed by atoms with Crippen molar-refractivity contribution in [2.75, 3.05) is 53.0 Å². The third-order valence-corrected chi connectivity index (χ3v) is 6.76. The van der Waals surface area contributed by atoms with Crippen molar-refractivity contribution >= 4 is 16.8 Å². The standard InChI is InChI=1S/C26H33N5O3/c1-33-23-9-5-8-22-24(28-31(25(22)23)13-12-29-14-16-34-17-15-29)26(32)27-21-10-11-30(19-21)18-20-6-3-2-4-7-20/h2-9,21H,10-19H2,1H3,(H,27,32)/t21-/m0/s1. The summed E-state index contributed by atoms with van der Waals surface area (Å²) in [5, 5.41) is 8.83. The van der Waals surface area contributed by atoms with Crippen molar-refractivity contribution in [2.45, 2.75) is 25.6 Å². The molecule has 8 nitrogen and oxygen atoms in total. The molecule has 0 bridgehead atoms. The Morgan fingerprint density at radius 2 is 1.88 bits per heavy atom. The molecule has 2 fully saturated rings. The molecule has 0 spiro atoms. The van der Waals surface area contributed by atoms with E-state index in [1.165, 1.54) is 5.56 Å². The third kappa shape index (κ3) is 5.09. The van der Waals surface area contributed by atoms with E-state index in [4.69, 9.17) is 14.6 Å². The lowest BCUT2D eigenvalue weighted by Crippen LogP contribution is -2.38. The average Bonchev–Trinajstić information content (AvgIpc) is 3.48. The maximum absolute atomic E-state index is 13.3. The molecule has 34 heavy (non-hydrogen) atoms. The fraction of sp³-hybridized carbons (Fsp3) is 0.462. The molecular weight excluding hydrogens is 430 g/mol. The highest BCUT2D eigenvalue weighted by Crippen LogP contribution is 2.28. The van der Waals surface area contributed by atoms with Crippen LogP contribution in [0.25, 0.3) is 10.9 Å². The quantitative estimate of drug-likeness (QED) is 0.553. The van der Waals surface area contributed by atoms with E-state index >= 15 is 0 Å². The molecule has 0 aliphatic carbocycles. The molecule has 3 heterocycles. The van der Waals surface area contributed by atoms with E-state index in [9.17, 15) is 4.79 Å². The van der Waals surface area contributed by atoms with Gasteiger partial charge in [0.05, 0.1) is 26.9 Å². The molecule has 8 heteroatoms. The van der Waals surface area contributed by atoms with Crippen LogP contribution in [0.3, 0.4) is 0 Å². The van der Waals surface area contributed by atoms with Gasteiger partial charge in [0, 0.05) is 50.7 Å². The molecule has 0 radical (unpaired) electrons. The Labute approximate surface area is 200 Å². The molecule has 1 atom stereocenters. The summed E-state index contributed by atoms with van der Waals surface area (Å²) >= 11 is 0. The van der Waals surface area contributed by atoms with Gasteiger partial charge in [-0.2, -0.15) is 5.10 Å². The number of nitrogens with zero attached hydrogens (tertiary/aromatic N) is 4. The van der Waals surface area contributed by atoms with Gasteiger partial charge in [0.2, 0.25) is 0 Å². The highest BCUT2D eigenvalue weighted by molar-refractivity contribution is 6.06. The lowest BCUT2D eigenvalue weighted by atomic mass is 10.1. The molecule has 1 N–H and O–H groups in total.